The first-order chi connectivity index (χ1) is 8.50. The van der Waals surface area contributed by atoms with Crippen LogP contribution in [0.1, 0.15) is 26.3 Å². The molecule has 0 aliphatic carbocycles. The standard InChI is InChI=1S/C16H20N2/c1-16(2,3)14-7-5-12(6-8-14)13-9-15(17-4)11-18-10-13/h5-11,17H,1-4H3. The molecule has 0 atom stereocenters. The quantitative estimate of drug-likeness (QED) is 0.855. The van der Waals surface area contributed by atoms with E-state index in [1.807, 2.05) is 19.4 Å². The van der Waals surface area contributed by atoms with Crippen LogP contribution in [0.15, 0.2) is 42.7 Å². The second-order valence-corrected chi connectivity index (χ2v) is 5.54. The average Bonchev–Trinajstić information content (AvgIpc) is 2.38. The predicted molar refractivity (Wildman–Crippen MR) is 77.9 cm³/mol. The van der Waals surface area contributed by atoms with E-state index < -0.39 is 0 Å². The number of hydrogen-bond donors (Lipinski definition) is 1. The van der Waals surface area contributed by atoms with Crippen LogP contribution in [0.25, 0.3) is 11.1 Å². The third-order valence-corrected chi connectivity index (χ3v) is 3.11. The molecule has 0 amide bonds. The summed E-state index contributed by atoms with van der Waals surface area (Å²) in [5, 5.41) is 3.11. The lowest BCUT2D eigenvalue weighted by atomic mass is 9.86. The van der Waals surface area contributed by atoms with Gasteiger partial charge in [0.2, 0.25) is 0 Å². The minimum Gasteiger partial charge on any atom is -0.387 e. The maximum Gasteiger partial charge on any atom is 0.0530 e. The van der Waals surface area contributed by atoms with Crippen LogP contribution >= 0.6 is 0 Å². The molecule has 0 saturated carbocycles. The van der Waals surface area contributed by atoms with E-state index in [0.717, 1.165) is 11.3 Å². The van der Waals surface area contributed by atoms with Gasteiger partial charge >= 0.3 is 0 Å². The van der Waals surface area contributed by atoms with Crippen molar-refractivity contribution in [2.75, 3.05) is 12.4 Å². The molecule has 0 aliphatic rings. The van der Waals surface area contributed by atoms with Crippen LogP contribution in [-0.2, 0) is 5.41 Å². The molecule has 94 valence electrons. The zero-order valence-electron chi connectivity index (χ0n) is 11.5. The van der Waals surface area contributed by atoms with Crippen LogP contribution in [0.3, 0.4) is 0 Å². The second kappa shape index (κ2) is 4.81. The van der Waals surface area contributed by atoms with Gasteiger partial charge in [0.1, 0.15) is 0 Å². The summed E-state index contributed by atoms with van der Waals surface area (Å²) >= 11 is 0. The van der Waals surface area contributed by atoms with Crippen molar-refractivity contribution >= 4 is 5.69 Å². The lowest BCUT2D eigenvalue weighted by molar-refractivity contribution is 0.590. The second-order valence-electron chi connectivity index (χ2n) is 5.54. The van der Waals surface area contributed by atoms with Crippen molar-refractivity contribution in [3.8, 4) is 11.1 Å². The first-order valence-corrected chi connectivity index (χ1v) is 6.24. The van der Waals surface area contributed by atoms with E-state index in [9.17, 15) is 0 Å². The van der Waals surface area contributed by atoms with Crippen LogP contribution < -0.4 is 5.32 Å². The molecule has 0 unspecified atom stereocenters. The number of anilines is 1. The maximum atomic E-state index is 4.24. The fraction of sp³-hybridized carbons (Fsp3) is 0.312. The number of nitrogens with one attached hydrogen (secondary N) is 1. The van der Waals surface area contributed by atoms with Crippen molar-refractivity contribution in [3.05, 3.63) is 48.3 Å². The van der Waals surface area contributed by atoms with Crippen LogP contribution in [0, 0.1) is 0 Å². The molecule has 0 aliphatic heterocycles. The Kier molecular flexibility index (Phi) is 3.37. The van der Waals surface area contributed by atoms with E-state index in [1.54, 1.807) is 0 Å². The fourth-order valence-electron chi connectivity index (χ4n) is 1.90. The van der Waals surface area contributed by atoms with Gasteiger partial charge in [0.15, 0.2) is 0 Å². The molecule has 18 heavy (non-hydrogen) atoms. The van der Waals surface area contributed by atoms with Gasteiger partial charge in [-0.2, -0.15) is 0 Å². The minimum atomic E-state index is 0.198. The first-order valence-electron chi connectivity index (χ1n) is 6.24. The largest absolute Gasteiger partial charge is 0.387 e. The number of rotatable bonds is 2. The van der Waals surface area contributed by atoms with Crippen molar-refractivity contribution in [2.45, 2.75) is 26.2 Å². The highest BCUT2D eigenvalue weighted by molar-refractivity contribution is 5.66. The van der Waals surface area contributed by atoms with Crippen molar-refractivity contribution in [2.24, 2.45) is 0 Å². The van der Waals surface area contributed by atoms with Crippen LogP contribution in [-0.4, -0.2) is 12.0 Å². The summed E-state index contributed by atoms with van der Waals surface area (Å²) in [4.78, 5) is 4.24. The van der Waals surface area contributed by atoms with E-state index in [-0.39, 0.29) is 5.41 Å². The summed E-state index contributed by atoms with van der Waals surface area (Å²) in [5.74, 6) is 0. The van der Waals surface area contributed by atoms with Gasteiger partial charge in [-0.25, -0.2) is 0 Å². The van der Waals surface area contributed by atoms with Gasteiger partial charge in [-0.3, -0.25) is 4.98 Å². The monoisotopic (exact) mass is 240 g/mol. The normalized spacial score (nSPS) is 11.3. The molecule has 2 nitrogen and oxygen atoms in total. The van der Waals surface area contributed by atoms with Crippen molar-refractivity contribution < 1.29 is 0 Å². The number of benzene rings is 1. The summed E-state index contributed by atoms with van der Waals surface area (Å²) in [6.07, 6.45) is 3.72. The Morgan fingerprint density at radius 2 is 1.61 bits per heavy atom. The third-order valence-electron chi connectivity index (χ3n) is 3.11. The van der Waals surface area contributed by atoms with E-state index >= 15 is 0 Å². The maximum absolute atomic E-state index is 4.24. The minimum absolute atomic E-state index is 0.198. The van der Waals surface area contributed by atoms with Crippen LogP contribution in [0.5, 0.6) is 0 Å². The molecule has 1 heterocycles. The van der Waals surface area contributed by atoms with E-state index in [0.29, 0.717) is 0 Å². The zero-order chi connectivity index (χ0) is 13.2. The van der Waals surface area contributed by atoms with Gasteiger partial charge in [-0.1, -0.05) is 45.0 Å². The van der Waals surface area contributed by atoms with Crippen molar-refractivity contribution in [1.82, 2.24) is 4.98 Å². The van der Waals surface area contributed by atoms with Gasteiger partial charge in [0, 0.05) is 25.0 Å². The highest BCUT2D eigenvalue weighted by Gasteiger charge is 2.13. The number of hydrogen-bond acceptors (Lipinski definition) is 2. The first kappa shape index (κ1) is 12.6. The number of aromatic nitrogens is 1. The molecule has 2 rings (SSSR count). The third kappa shape index (κ3) is 2.70. The molecule has 0 fully saturated rings. The molecular formula is C16H20N2. The van der Waals surface area contributed by atoms with E-state index in [2.05, 4.69) is 61.4 Å². The summed E-state index contributed by atoms with van der Waals surface area (Å²) < 4.78 is 0. The smallest absolute Gasteiger partial charge is 0.0530 e. The fourth-order valence-corrected chi connectivity index (χ4v) is 1.90. The van der Waals surface area contributed by atoms with Gasteiger partial charge in [-0.05, 0) is 22.6 Å². The predicted octanol–water partition coefficient (Wildman–Crippen LogP) is 4.09. The Labute approximate surface area is 109 Å². The van der Waals surface area contributed by atoms with Crippen molar-refractivity contribution in [3.63, 3.8) is 0 Å². The SMILES string of the molecule is CNc1cncc(-c2ccc(C(C)(C)C)cc2)c1. The Morgan fingerprint density at radius 3 is 2.17 bits per heavy atom. The Bertz CT molecular complexity index is 522. The van der Waals surface area contributed by atoms with E-state index in [4.69, 9.17) is 0 Å². The van der Waals surface area contributed by atoms with Crippen molar-refractivity contribution in [1.29, 1.82) is 0 Å². The Morgan fingerprint density at radius 1 is 0.944 bits per heavy atom. The van der Waals surface area contributed by atoms with Crippen LogP contribution in [0.4, 0.5) is 5.69 Å². The summed E-state index contributed by atoms with van der Waals surface area (Å²) in [6, 6.07) is 10.8. The highest BCUT2D eigenvalue weighted by Crippen LogP contribution is 2.26. The van der Waals surface area contributed by atoms with Gasteiger partial charge in [-0.15, -0.1) is 0 Å². The van der Waals surface area contributed by atoms with Gasteiger partial charge in [0.05, 0.1) is 5.69 Å². The van der Waals surface area contributed by atoms with E-state index in [1.165, 1.54) is 11.1 Å². The number of pyridine rings is 1. The van der Waals surface area contributed by atoms with Gasteiger partial charge < -0.3 is 5.32 Å². The zero-order valence-corrected chi connectivity index (χ0v) is 11.5. The van der Waals surface area contributed by atoms with Gasteiger partial charge in [0.25, 0.3) is 0 Å². The summed E-state index contributed by atoms with van der Waals surface area (Å²) in [7, 11) is 1.91. The Balaban J connectivity index is 2.34. The van der Waals surface area contributed by atoms with Crippen LogP contribution in [0.2, 0.25) is 0 Å². The molecule has 1 N–H and O–H groups in total. The molecule has 1 aromatic carbocycles. The molecular weight excluding hydrogens is 220 g/mol. The molecule has 0 spiro atoms. The molecule has 0 saturated heterocycles. The summed E-state index contributed by atoms with van der Waals surface area (Å²) in [5.41, 5.74) is 4.93. The number of nitrogens with zero attached hydrogens (tertiary/aromatic N) is 1. The average molecular weight is 240 g/mol. The molecule has 1 aromatic heterocycles. The lowest BCUT2D eigenvalue weighted by Crippen LogP contribution is -2.10. The highest BCUT2D eigenvalue weighted by atomic mass is 14.8. The Hall–Kier alpha value is -1.83. The molecule has 2 aromatic rings. The molecule has 0 radical (unpaired) electrons. The topological polar surface area (TPSA) is 24.9 Å². The molecule has 0 bridgehead atoms. The lowest BCUT2D eigenvalue weighted by Gasteiger charge is -2.19. The molecule has 2 heteroatoms. The summed E-state index contributed by atoms with van der Waals surface area (Å²) in [6.45, 7) is 6.68.